The van der Waals surface area contributed by atoms with E-state index in [1.165, 1.54) is 0 Å². The minimum absolute atomic E-state index is 0.0258. The fourth-order valence-corrected chi connectivity index (χ4v) is 2.52. The van der Waals surface area contributed by atoms with Crippen LogP contribution in [0.5, 0.6) is 0 Å². The summed E-state index contributed by atoms with van der Waals surface area (Å²) in [5.74, 6) is -1.39. The summed E-state index contributed by atoms with van der Waals surface area (Å²) in [6, 6.07) is -0.317. The van der Waals surface area contributed by atoms with Crippen LogP contribution in [0, 0.1) is 5.92 Å². The molecule has 0 aromatic rings. The van der Waals surface area contributed by atoms with Crippen LogP contribution in [-0.2, 0) is 4.79 Å². The van der Waals surface area contributed by atoms with Crippen LogP contribution in [0.2, 0.25) is 0 Å². The lowest BCUT2D eigenvalue weighted by Crippen LogP contribution is -2.41. The molecule has 0 aromatic heterocycles. The van der Waals surface area contributed by atoms with Crippen molar-refractivity contribution in [2.24, 2.45) is 11.7 Å². The van der Waals surface area contributed by atoms with Gasteiger partial charge >= 0.3 is 6.18 Å². The molecule has 1 amide bonds. The van der Waals surface area contributed by atoms with E-state index in [9.17, 15) is 18.0 Å². The van der Waals surface area contributed by atoms with Crippen molar-refractivity contribution in [1.82, 2.24) is 5.32 Å². The first kappa shape index (κ1) is 16.3. The molecule has 0 heterocycles. The zero-order chi connectivity index (χ0) is 14.3. The van der Waals surface area contributed by atoms with Gasteiger partial charge in [0.2, 0.25) is 5.91 Å². The van der Waals surface area contributed by atoms with Crippen molar-refractivity contribution in [2.75, 3.05) is 6.54 Å². The smallest absolute Gasteiger partial charge is 0.353 e. The van der Waals surface area contributed by atoms with E-state index in [0.717, 1.165) is 19.3 Å². The van der Waals surface area contributed by atoms with Crippen molar-refractivity contribution >= 4 is 5.91 Å². The van der Waals surface area contributed by atoms with Gasteiger partial charge in [0.1, 0.15) is 0 Å². The monoisotopic (exact) mass is 280 g/mol. The number of rotatable bonds is 6. The third-order valence-electron chi connectivity index (χ3n) is 3.61. The number of hydrogen-bond donors (Lipinski definition) is 2. The lowest BCUT2D eigenvalue weighted by Gasteiger charge is -2.31. The van der Waals surface area contributed by atoms with Crippen LogP contribution < -0.4 is 11.1 Å². The van der Waals surface area contributed by atoms with Crippen molar-refractivity contribution in [1.29, 1.82) is 0 Å². The van der Waals surface area contributed by atoms with Gasteiger partial charge in [-0.15, -0.1) is 0 Å². The molecular weight excluding hydrogens is 257 g/mol. The highest BCUT2D eigenvalue weighted by molar-refractivity contribution is 5.76. The zero-order valence-corrected chi connectivity index (χ0v) is 11.1. The second-order valence-corrected chi connectivity index (χ2v) is 5.27. The number of carbonyl (C=O) groups is 1. The minimum atomic E-state index is -4.13. The fraction of sp³-hybridized carbons (Fsp3) is 0.923. The molecule has 3 N–H and O–H groups in total. The Bertz CT molecular complexity index is 282. The normalized spacial score (nSPS) is 24.2. The number of nitrogens with two attached hydrogens (primary N) is 1. The van der Waals surface area contributed by atoms with Gasteiger partial charge in [-0.05, 0) is 38.6 Å². The molecule has 0 aliphatic heterocycles. The lowest BCUT2D eigenvalue weighted by molar-refractivity contribution is -0.184. The molecule has 1 saturated carbocycles. The Morgan fingerprint density at radius 2 is 1.95 bits per heavy atom. The van der Waals surface area contributed by atoms with Gasteiger partial charge < -0.3 is 11.1 Å². The van der Waals surface area contributed by atoms with E-state index in [1.54, 1.807) is 0 Å². The summed E-state index contributed by atoms with van der Waals surface area (Å²) < 4.78 is 37.8. The molecule has 1 aliphatic carbocycles. The second-order valence-electron chi connectivity index (χ2n) is 5.27. The Morgan fingerprint density at radius 1 is 1.21 bits per heavy atom. The number of carbonyl (C=O) groups excluding carboxylic acids is 1. The minimum Gasteiger partial charge on any atom is -0.353 e. The zero-order valence-electron chi connectivity index (χ0n) is 11.1. The van der Waals surface area contributed by atoms with Gasteiger partial charge in [-0.2, -0.15) is 13.2 Å². The van der Waals surface area contributed by atoms with Gasteiger partial charge in [-0.1, -0.05) is 12.8 Å². The topological polar surface area (TPSA) is 55.1 Å². The van der Waals surface area contributed by atoms with Crippen molar-refractivity contribution in [2.45, 2.75) is 63.6 Å². The first-order valence-corrected chi connectivity index (χ1v) is 6.99. The van der Waals surface area contributed by atoms with Gasteiger partial charge in [0.25, 0.3) is 0 Å². The molecule has 112 valence electrons. The Labute approximate surface area is 112 Å². The van der Waals surface area contributed by atoms with Crippen LogP contribution in [0.25, 0.3) is 0 Å². The van der Waals surface area contributed by atoms with Gasteiger partial charge in [-0.3, -0.25) is 4.79 Å². The Hall–Kier alpha value is -0.780. The molecule has 0 radical (unpaired) electrons. The third-order valence-corrected chi connectivity index (χ3v) is 3.61. The van der Waals surface area contributed by atoms with E-state index >= 15 is 0 Å². The highest BCUT2D eigenvalue weighted by Gasteiger charge is 2.42. The molecule has 0 aromatic carbocycles. The maximum absolute atomic E-state index is 12.6. The van der Waals surface area contributed by atoms with Gasteiger partial charge in [0, 0.05) is 12.5 Å². The van der Waals surface area contributed by atoms with Crippen LogP contribution in [0.1, 0.15) is 51.4 Å². The molecule has 1 aliphatic rings. The lowest BCUT2D eigenvalue weighted by atomic mass is 9.85. The van der Waals surface area contributed by atoms with E-state index in [2.05, 4.69) is 5.32 Å². The van der Waals surface area contributed by atoms with Gasteiger partial charge in [0.05, 0.1) is 5.92 Å². The largest absolute Gasteiger partial charge is 0.391 e. The van der Waals surface area contributed by atoms with Crippen molar-refractivity contribution in [3.8, 4) is 0 Å². The quantitative estimate of drug-likeness (QED) is 0.735. The summed E-state index contributed by atoms with van der Waals surface area (Å²) in [5, 5.41) is 2.73. The molecule has 2 unspecified atom stereocenters. The highest BCUT2D eigenvalue weighted by atomic mass is 19.4. The Kier molecular flexibility index (Phi) is 6.62. The first-order valence-electron chi connectivity index (χ1n) is 6.99. The van der Waals surface area contributed by atoms with Crippen LogP contribution in [0.3, 0.4) is 0 Å². The maximum Gasteiger partial charge on any atom is 0.391 e. The summed E-state index contributed by atoms with van der Waals surface area (Å²) in [4.78, 5) is 11.6. The van der Waals surface area contributed by atoms with Crippen LogP contribution in [-0.4, -0.2) is 24.7 Å². The maximum atomic E-state index is 12.6. The summed E-state index contributed by atoms with van der Waals surface area (Å²) >= 11 is 0. The second kappa shape index (κ2) is 7.72. The van der Waals surface area contributed by atoms with Crippen LogP contribution in [0.15, 0.2) is 0 Å². The molecule has 2 atom stereocenters. The molecule has 19 heavy (non-hydrogen) atoms. The number of alkyl halides is 3. The number of hydrogen-bond acceptors (Lipinski definition) is 2. The Morgan fingerprint density at radius 3 is 2.58 bits per heavy atom. The predicted octanol–water partition coefficient (Wildman–Crippen LogP) is 2.74. The van der Waals surface area contributed by atoms with E-state index in [4.69, 9.17) is 5.73 Å². The molecule has 0 spiro atoms. The van der Waals surface area contributed by atoms with Crippen LogP contribution in [0.4, 0.5) is 13.2 Å². The van der Waals surface area contributed by atoms with Crippen LogP contribution >= 0.6 is 0 Å². The van der Waals surface area contributed by atoms with Crippen molar-refractivity contribution in [3.63, 3.8) is 0 Å². The first-order chi connectivity index (χ1) is 8.93. The number of amides is 1. The van der Waals surface area contributed by atoms with E-state index in [-0.39, 0.29) is 24.8 Å². The molecule has 0 bridgehead atoms. The summed E-state index contributed by atoms with van der Waals surface area (Å²) in [6.07, 6.45) is 0.163. The molecule has 0 saturated heterocycles. The molecule has 6 heteroatoms. The standard InChI is InChI=1S/C13H23F3N2O/c14-13(15,16)10-5-4-6-11(9-10)18-12(19)7-2-1-3-8-17/h10-11H,1-9,17H2,(H,18,19). The molecule has 1 fully saturated rings. The van der Waals surface area contributed by atoms with Crippen molar-refractivity contribution < 1.29 is 18.0 Å². The van der Waals surface area contributed by atoms with E-state index in [0.29, 0.717) is 25.8 Å². The summed E-state index contributed by atoms with van der Waals surface area (Å²) in [5.41, 5.74) is 5.34. The summed E-state index contributed by atoms with van der Waals surface area (Å²) in [6.45, 7) is 0.609. The van der Waals surface area contributed by atoms with E-state index in [1.807, 2.05) is 0 Å². The van der Waals surface area contributed by atoms with Gasteiger partial charge in [-0.25, -0.2) is 0 Å². The number of unbranched alkanes of at least 4 members (excludes halogenated alkanes) is 2. The summed E-state index contributed by atoms with van der Waals surface area (Å²) in [7, 11) is 0. The average molecular weight is 280 g/mol. The van der Waals surface area contributed by atoms with Crippen molar-refractivity contribution in [3.05, 3.63) is 0 Å². The van der Waals surface area contributed by atoms with E-state index < -0.39 is 12.1 Å². The molecule has 1 rings (SSSR count). The average Bonchev–Trinajstić information content (AvgIpc) is 2.34. The fourth-order valence-electron chi connectivity index (χ4n) is 2.52. The third kappa shape index (κ3) is 6.27. The molecular formula is C13H23F3N2O. The number of nitrogens with one attached hydrogen (secondary N) is 1. The SMILES string of the molecule is NCCCCCC(=O)NC1CCCC(C(F)(F)F)C1. The highest BCUT2D eigenvalue weighted by Crippen LogP contribution is 2.37. The van der Waals surface area contributed by atoms with Gasteiger partial charge in [0.15, 0.2) is 0 Å². The Balaban J connectivity index is 2.26. The molecule has 3 nitrogen and oxygen atoms in total. The predicted molar refractivity (Wildman–Crippen MR) is 67.5 cm³/mol. The number of halogens is 3.